The minimum atomic E-state index is -0.965. The average molecular weight is 299 g/mol. The maximum absolute atomic E-state index is 11.3. The quantitative estimate of drug-likeness (QED) is 0.789. The van der Waals surface area contributed by atoms with E-state index in [1.165, 1.54) is 10.4 Å². The third kappa shape index (κ3) is 1.86. The van der Waals surface area contributed by atoms with Crippen LogP contribution in [0.2, 0.25) is 0 Å². The lowest BCUT2D eigenvalue weighted by Gasteiger charge is -2.23. The van der Waals surface area contributed by atoms with Crippen molar-refractivity contribution in [3.63, 3.8) is 0 Å². The summed E-state index contributed by atoms with van der Waals surface area (Å²) in [4.78, 5) is 12.7. The van der Waals surface area contributed by atoms with Crippen LogP contribution in [-0.2, 0) is 6.42 Å². The zero-order chi connectivity index (χ0) is 14.4. The van der Waals surface area contributed by atoms with Gasteiger partial charge in [0, 0.05) is 4.88 Å². The fraction of sp³-hybridized carbons (Fsp3) is 0.267. The van der Waals surface area contributed by atoms with Crippen molar-refractivity contribution in [1.29, 1.82) is 0 Å². The van der Waals surface area contributed by atoms with Crippen molar-refractivity contribution in [3.8, 4) is 0 Å². The van der Waals surface area contributed by atoms with E-state index in [0.717, 1.165) is 24.8 Å². The lowest BCUT2D eigenvalue weighted by atomic mass is 9.94. The van der Waals surface area contributed by atoms with E-state index < -0.39 is 5.97 Å². The first-order chi connectivity index (χ1) is 10.3. The molecule has 0 spiro atoms. The number of thiophene rings is 1. The molecule has 1 N–H and O–H groups in total. The Morgan fingerprint density at radius 1 is 1.38 bits per heavy atom. The van der Waals surface area contributed by atoms with E-state index in [1.807, 2.05) is 10.7 Å². The molecule has 2 heterocycles. The highest BCUT2D eigenvalue weighted by Crippen LogP contribution is 2.36. The Morgan fingerprint density at radius 2 is 2.29 bits per heavy atom. The molecule has 0 saturated heterocycles. The molecule has 1 aliphatic carbocycles. The zero-order valence-electron chi connectivity index (χ0n) is 11.2. The molecule has 2 aromatic heterocycles. The minimum Gasteiger partial charge on any atom is -0.478 e. The third-order valence-electron chi connectivity index (χ3n) is 4.05. The number of benzene rings is 1. The first-order valence-corrected chi connectivity index (χ1v) is 7.77. The van der Waals surface area contributed by atoms with Crippen LogP contribution in [0.1, 0.15) is 39.7 Å². The number of carboxylic acid groups (broad SMARTS) is 1. The predicted molar refractivity (Wildman–Crippen MR) is 79.9 cm³/mol. The topological polar surface area (TPSA) is 68.0 Å². The van der Waals surface area contributed by atoms with Crippen molar-refractivity contribution in [1.82, 2.24) is 15.0 Å². The van der Waals surface area contributed by atoms with Crippen LogP contribution in [0.15, 0.2) is 29.6 Å². The van der Waals surface area contributed by atoms with Crippen molar-refractivity contribution in [2.24, 2.45) is 0 Å². The Balaban J connectivity index is 1.90. The second-order valence-electron chi connectivity index (χ2n) is 5.22. The van der Waals surface area contributed by atoms with Gasteiger partial charge in [-0.2, -0.15) is 0 Å². The summed E-state index contributed by atoms with van der Waals surface area (Å²) >= 11 is 1.78. The standard InChI is InChI=1S/C15H13N3O2S/c19-15(20)10-3-1-5-12-14(10)16-17-18(12)11-4-2-6-13-9(11)7-8-21-13/h1,3,5,7-8,11H,2,4,6H2,(H,19,20). The molecule has 1 unspecified atom stereocenters. The van der Waals surface area contributed by atoms with Gasteiger partial charge in [0.2, 0.25) is 0 Å². The Morgan fingerprint density at radius 3 is 3.14 bits per heavy atom. The van der Waals surface area contributed by atoms with E-state index in [4.69, 9.17) is 0 Å². The highest BCUT2D eigenvalue weighted by molar-refractivity contribution is 7.10. The van der Waals surface area contributed by atoms with Gasteiger partial charge in [-0.3, -0.25) is 0 Å². The van der Waals surface area contributed by atoms with Crippen LogP contribution in [0.3, 0.4) is 0 Å². The number of fused-ring (bicyclic) bond motifs is 2. The largest absolute Gasteiger partial charge is 0.478 e. The van der Waals surface area contributed by atoms with E-state index in [-0.39, 0.29) is 11.6 Å². The molecule has 5 nitrogen and oxygen atoms in total. The minimum absolute atomic E-state index is 0.161. The van der Waals surface area contributed by atoms with Crippen molar-refractivity contribution < 1.29 is 9.90 Å². The number of aryl methyl sites for hydroxylation is 1. The van der Waals surface area contributed by atoms with Crippen LogP contribution in [0.5, 0.6) is 0 Å². The molecule has 4 rings (SSSR count). The van der Waals surface area contributed by atoms with Gasteiger partial charge in [-0.25, -0.2) is 9.48 Å². The monoisotopic (exact) mass is 299 g/mol. The molecule has 1 aliphatic rings. The van der Waals surface area contributed by atoms with Gasteiger partial charge in [0.05, 0.1) is 17.1 Å². The molecule has 0 saturated carbocycles. The second-order valence-corrected chi connectivity index (χ2v) is 6.22. The highest BCUT2D eigenvalue weighted by Gasteiger charge is 2.26. The summed E-state index contributed by atoms with van der Waals surface area (Å²) in [5.41, 5.74) is 2.77. The van der Waals surface area contributed by atoms with Crippen LogP contribution in [0.25, 0.3) is 11.0 Å². The molecule has 0 amide bonds. The molecule has 106 valence electrons. The second kappa shape index (κ2) is 4.66. The lowest BCUT2D eigenvalue weighted by Crippen LogP contribution is -2.16. The lowest BCUT2D eigenvalue weighted by molar-refractivity contribution is 0.0699. The fourth-order valence-corrected chi connectivity index (χ4v) is 4.06. The summed E-state index contributed by atoms with van der Waals surface area (Å²) in [7, 11) is 0. The first-order valence-electron chi connectivity index (χ1n) is 6.89. The summed E-state index contributed by atoms with van der Waals surface area (Å²) in [6.45, 7) is 0. The molecule has 1 aromatic carbocycles. The molecule has 21 heavy (non-hydrogen) atoms. The molecule has 0 fully saturated rings. The molecule has 0 aliphatic heterocycles. The Labute approximate surface area is 124 Å². The Bertz CT molecular complexity index is 836. The van der Waals surface area contributed by atoms with E-state index in [2.05, 4.69) is 21.8 Å². The summed E-state index contributed by atoms with van der Waals surface area (Å²) in [6.07, 6.45) is 3.26. The molecular formula is C15H13N3O2S. The number of nitrogens with zero attached hydrogens (tertiary/aromatic N) is 3. The van der Waals surface area contributed by atoms with Crippen molar-refractivity contribution in [2.75, 3.05) is 0 Å². The van der Waals surface area contributed by atoms with Crippen molar-refractivity contribution >= 4 is 28.3 Å². The summed E-state index contributed by atoms with van der Waals surface area (Å²) < 4.78 is 1.88. The van der Waals surface area contributed by atoms with Gasteiger partial charge < -0.3 is 5.11 Å². The van der Waals surface area contributed by atoms with Gasteiger partial charge in [0.25, 0.3) is 0 Å². The summed E-state index contributed by atoms with van der Waals surface area (Å²) in [6, 6.07) is 7.53. The van der Waals surface area contributed by atoms with E-state index in [0.29, 0.717) is 5.52 Å². The third-order valence-corrected chi connectivity index (χ3v) is 5.05. The summed E-state index contributed by atoms with van der Waals surface area (Å²) in [5.74, 6) is -0.965. The number of rotatable bonds is 2. The van der Waals surface area contributed by atoms with Crippen molar-refractivity contribution in [3.05, 3.63) is 45.6 Å². The molecule has 3 aromatic rings. The van der Waals surface area contributed by atoms with Crippen molar-refractivity contribution in [2.45, 2.75) is 25.3 Å². The van der Waals surface area contributed by atoms with Gasteiger partial charge >= 0.3 is 5.97 Å². The van der Waals surface area contributed by atoms with Gasteiger partial charge in [-0.15, -0.1) is 16.4 Å². The zero-order valence-corrected chi connectivity index (χ0v) is 12.0. The molecule has 1 atom stereocenters. The summed E-state index contributed by atoms with van der Waals surface area (Å²) in [5, 5.41) is 19.7. The molecular weight excluding hydrogens is 286 g/mol. The average Bonchev–Trinajstić information content (AvgIpc) is 3.12. The maximum atomic E-state index is 11.3. The van der Waals surface area contributed by atoms with Crippen LogP contribution in [0, 0.1) is 0 Å². The number of aromatic nitrogens is 3. The number of hydrogen-bond donors (Lipinski definition) is 1. The van der Waals surface area contributed by atoms with E-state index in [1.54, 1.807) is 23.5 Å². The fourth-order valence-electron chi connectivity index (χ4n) is 3.08. The van der Waals surface area contributed by atoms with Crippen LogP contribution in [-0.4, -0.2) is 26.1 Å². The molecule has 6 heteroatoms. The van der Waals surface area contributed by atoms with Gasteiger partial charge in [-0.1, -0.05) is 11.3 Å². The predicted octanol–water partition coefficient (Wildman–Crippen LogP) is 3.12. The van der Waals surface area contributed by atoms with E-state index >= 15 is 0 Å². The highest BCUT2D eigenvalue weighted by atomic mass is 32.1. The SMILES string of the molecule is O=C(O)c1cccc2c1nnn2C1CCCc2sccc21. The number of carbonyl (C=O) groups is 1. The van der Waals surface area contributed by atoms with Crippen LogP contribution < -0.4 is 0 Å². The number of aromatic carboxylic acids is 1. The Kier molecular flexibility index (Phi) is 2.78. The van der Waals surface area contributed by atoms with Crippen LogP contribution >= 0.6 is 11.3 Å². The van der Waals surface area contributed by atoms with Gasteiger partial charge in [0.15, 0.2) is 0 Å². The first kappa shape index (κ1) is 12.5. The number of hydrogen-bond acceptors (Lipinski definition) is 4. The Hall–Kier alpha value is -2.21. The molecule has 0 bridgehead atoms. The van der Waals surface area contributed by atoms with Gasteiger partial charge in [-0.05, 0) is 48.4 Å². The van der Waals surface area contributed by atoms with Gasteiger partial charge in [0.1, 0.15) is 5.52 Å². The van der Waals surface area contributed by atoms with Crippen LogP contribution in [0.4, 0.5) is 0 Å². The maximum Gasteiger partial charge on any atom is 0.338 e. The smallest absolute Gasteiger partial charge is 0.338 e. The normalized spacial score (nSPS) is 17.8. The molecule has 0 radical (unpaired) electrons. The van der Waals surface area contributed by atoms with E-state index in [9.17, 15) is 9.90 Å². The number of carboxylic acids is 1.